The Kier molecular flexibility index (Phi) is 6.09. The third kappa shape index (κ3) is 4.31. The molecule has 1 aliphatic heterocycles. The van der Waals surface area contributed by atoms with Crippen LogP contribution in [0.4, 0.5) is 5.69 Å². The highest BCUT2D eigenvalue weighted by molar-refractivity contribution is 7.80. The van der Waals surface area contributed by atoms with Gasteiger partial charge in [0.05, 0.1) is 24.4 Å². The summed E-state index contributed by atoms with van der Waals surface area (Å²) in [5.41, 5.74) is 5.64. The van der Waals surface area contributed by atoms with E-state index in [9.17, 15) is 4.79 Å². The average Bonchev–Trinajstić information content (AvgIpc) is 3.50. The minimum atomic E-state index is -0.371. The Balaban J connectivity index is 1.55. The highest BCUT2D eigenvalue weighted by atomic mass is 32.1. The van der Waals surface area contributed by atoms with Gasteiger partial charge in [-0.2, -0.15) is 0 Å². The Bertz CT molecular complexity index is 1380. The van der Waals surface area contributed by atoms with Crippen LogP contribution in [0, 0.1) is 13.8 Å². The summed E-state index contributed by atoms with van der Waals surface area (Å²) in [6.45, 7) is 4.19. The van der Waals surface area contributed by atoms with Gasteiger partial charge in [-0.3, -0.25) is 4.98 Å². The van der Waals surface area contributed by atoms with Crippen LogP contribution in [0.2, 0.25) is 0 Å². The van der Waals surface area contributed by atoms with Crippen molar-refractivity contribution in [3.05, 3.63) is 107 Å². The normalized spacial score (nSPS) is 17.3. The van der Waals surface area contributed by atoms with Gasteiger partial charge in [0.2, 0.25) is 0 Å². The van der Waals surface area contributed by atoms with E-state index >= 15 is 0 Å². The molecule has 2 aromatic heterocycles. The maximum Gasteiger partial charge on any atom is 0.337 e. The van der Waals surface area contributed by atoms with Crippen molar-refractivity contribution >= 4 is 29.0 Å². The summed E-state index contributed by atoms with van der Waals surface area (Å²) in [6.07, 6.45) is 1.78. The van der Waals surface area contributed by atoms with Crippen molar-refractivity contribution in [2.45, 2.75) is 25.9 Å². The number of carbonyl (C=O) groups excluding carboxylic acids is 1. The summed E-state index contributed by atoms with van der Waals surface area (Å²) in [5.74, 6) is 1.09. The van der Waals surface area contributed by atoms with Crippen LogP contribution in [0.3, 0.4) is 0 Å². The molecule has 6 nitrogen and oxygen atoms in total. The zero-order valence-electron chi connectivity index (χ0n) is 19.7. The zero-order chi connectivity index (χ0) is 24.5. The van der Waals surface area contributed by atoms with Gasteiger partial charge in [0.15, 0.2) is 5.11 Å². The van der Waals surface area contributed by atoms with Gasteiger partial charge in [-0.1, -0.05) is 24.3 Å². The minimum Gasteiger partial charge on any atom is -0.465 e. The Labute approximate surface area is 209 Å². The fraction of sp³-hybridized carbons (Fsp3) is 0.179. The van der Waals surface area contributed by atoms with E-state index in [0.717, 1.165) is 22.7 Å². The fourth-order valence-corrected chi connectivity index (χ4v) is 4.70. The second-order valence-corrected chi connectivity index (χ2v) is 8.92. The monoisotopic (exact) mass is 483 g/mol. The van der Waals surface area contributed by atoms with E-state index in [1.54, 1.807) is 18.3 Å². The molecule has 2 aromatic carbocycles. The molecule has 1 saturated heterocycles. The number of nitrogens with zero attached hydrogens (tertiary/aromatic N) is 2. The summed E-state index contributed by atoms with van der Waals surface area (Å²) in [6, 6.07) is 22.9. The highest BCUT2D eigenvalue weighted by Crippen LogP contribution is 2.43. The first-order valence-corrected chi connectivity index (χ1v) is 11.7. The molecule has 0 aliphatic carbocycles. The number of hydrogen-bond donors (Lipinski definition) is 1. The van der Waals surface area contributed by atoms with E-state index < -0.39 is 0 Å². The zero-order valence-corrected chi connectivity index (χ0v) is 20.5. The van der Waals surface area contributed by atoms with Gasteiger partial charge >= 0.3 is 5.97 Å². The molecule has 0 unspecified atom stereocenters. The summed E-state index contributed by atoms with van der Waals surface area (Å²) >= 11 is 5.80. The van der Waals surface area contributed by atoms with Crippen LogP contribution in [-0.4, -0.2) is 23.2 Å². The molecule has 0 radical (unpaired) electrons. The first kappa shape index (κ1) is 22.8. The van der Waals surface area contributed by atoms with Gasteiger partial charge < -0.3 is 19.4 Å². The number of carbonyl (C=O) groups is 1. The Morgan fingerprint density at radius 1 is 1.03 bits per heavy atom. The lowest BCUT2D eigenvalue weighted by Crippen LogP contribution is -2.29. The molecule has 0 spiro atoms. The number of esters is 1. The van der Waals surface area contributed by atoms with Crippen LogP contribution in [0.5, 0.6) is 0 Å². The van der Waals surface area contributed by atoms with Gasteiger partial charge in [-0.05, 0) is 85.7 Å². The number of ether oxygens (including phenoxy) is 1. The number of methoxy groups -OCH3 is 1. The summed E-state index contributed by atoms with van der Waals surface area (Å²) < 4.78 is 11.2. The van der Waals surface area contributed by atoms with E-state index in [1.807, 2.05) is 42.5 Å². The van der Waals surface area contributed by atoms with Gasteiger partial charge in [0.25, 0.3) is 0 Å². The van der Waals surface area contributed by atoms with Crippen molar-refractivity contribution in [2.75, 3.05) is 12.0 Å². The standard InChI is InChI=1S/C28H25N3O3S/c1-17-7-12-21(16-18(17)2)31-26(25(30-28(31)35)22-6-4-5-15-29-22)24-14-13-23(34-24)19-8-10-20(11-9-19)27(32)33-3/h4-16,25-26H,1-3H3,(H,30,35)/t25-,26+/m1/s1. The smallest absolute Gasteiger partial charge is 0.337 e. The number of rotatable bonds is 5. The molecular formula is C28H25N3O3S. The van der Waals surface area contributed by atoms with Crippen LogP contribution < -0.4 is 10.2 Å². The maximum atomic E-state index is 11.8. The number of benzene rings is 2. The molecule has 0 saturated carbocycles. The number of furan rings is 1. The van der Waals surface area contributed by atoms with Crippen molar-refractivity contribution in [2.24, 2.45) is 0 Å². The van der Waals surface area contributed by atoms with Crippen LogP contribution in [0.15, 0.2) is 83.4 Å². The third-order valence-electron chi connectivity index (χ3n) is 6.38. The minimum absolute atomic E-state index is 0.189. The molecular weight excluding hydrogens is 458 g/mol. The van der Waals surface area contributed by atoms with Crippen LogP contribution >= 0.6 is 12.2 Å². The lowest BCUT2D eigenvalue weighted by molar-refractivity contribution is 0.0600. The van der Waals surface area contributed by atoms with Gasteiger partial charge in [0.1, 0.15) is 17.6 Å². The molecule has 0 bridgehead atoms. The molecule has 176 valence electrons. The molecule has 5 rings (SSSR count). The van der Waals surface area contributed by atoms with Crippen molar-refractivity contribution in [3.63, 3.8) is 0 Å². The third-order valence-corrected chi connectivity index (χ3v) is 6.69. The van der Waals surface area contributed by atoms with E-state index in [0.29, 0.717) is 16.4 Å². The lowest BCUT2D eigenvalue weighted by atomic mass is 10.0. The molecule has 3 heterocycles. The molecule has 1 aliphatic rings. The Hall–Kier alpha value is -3.97. The number of thiocarbonyl (C=S) groups is 1. The number of nitrogens with one attached hydrogen (secondary N) is 1. The van der Waals surface area contributed by atoms with Crippen molar-refractivity contribution < 1.29 is 13.9 Å². The molecule has 0 amide bonds. The van der Waals surface area contributed by atoms with Crippen molar-refractivity contribution in [1.82, 2.24) is 10.3 Å². The molecule has 35 heavy (non-hydrogen) atoms. The van der Waals surface area contributed by atoms with Gasteiger partial charge in [-0.25, -0.2) is 4.79 Å². The second-order valence-electron chi connectivity index (χ2n) is 8.54. The predicted molar refractivity (Wildman–Crippen MR) is 139 cm³/mol. The fourth-order valence-electron chi connectivity index (χ4n) is 4.35. The summed E-state index contributed by atoms with van der Waals surface area (Å²) in [5, 5.41) is 4.08. The first-order valence-electron chi connectivity index (χ1n) is 11.3. The molecule has 2 atom stereocenters. The van der Waals surface area contributed by atoms with Crippen LogP contribution in [0.1, 0.15) is 45.0 Å². The molecule has 1 N–H and O–H groups in total. The average molecular weight is 484 g/mol. The van der Waals surface area contributed by atoms with Crippen molar-refractivity contribution in [3.8, 4) is 11.3 Å². The summed E-state index contributed by atoms with van der Waals surface area (Å²) in [7, 11) is 1.37. The topological polar surface area (TPSA) is 67.6 Å². The van der Waals surface area contributed by atoms with Crippen LogP contribution in [-0.2, 0) is 4.74 Å². The van der Waals surface area contributed by atoms with Gasteiger partial charge in [0, 0.05) is 17.4 Å². The molecule has 4 aromatic rings. The maximum absolute atomic E-state index is 11.8. The number of aromatic nitrogens is 1. The Morgan fingerprint density at radius 2 is 1.83 bits per heavy atom. The molecule has 7 heteroatoms. The highest BCUT2D eigenvalue weighted by Gasteiger charge is 2.42. The van der Waals surface area contributed by atoms with E-state index in [1.165, 1.54) is 18.2 Å². The predicted octanol–water partition coefficient (Wildman–Crippen LogP) is 5.92. The first-order chi connectivity index (χ1) is 17.0. The van der Waals surface area contributed by atoms with Gasteiger partial charge in [-0.15, -0.1) is 0 Å². The lowest BCUT2D eigenvalue weighted by Gasteiger charge is -2.26. The van der Waals surface area contributed by atoms with Crippen molar-refractivity contribution in [1.29, 1.82) is 0 Å². The number of anilines is 1. The SMILES string of the molecule is COC(=O)c1ccc(-c2ccc([C@H]3[C@@H](c4ccccn4)NC(=S)N3c3ccc(C)c(C)c3)o2)cc1. The van der Waals surface area contributed by atoms with E-state index in [4.69, 9.17) is 21.4 Å². The summed E-state index contributed by atoms with van der Waals surface area (Å²) in [4.78, 5) is 18.5. The number of aryl methyl sites for hydroxylation is 2. The van der Waals surface area contributed by atoms with E-state index in [2.05, 4.69) is 47.2 Å². The number of pyridine rings is 1. The second kappa shape index (κ2) is 9.35. The quantitative estimate of drug-likeness (QED) is 0.279. The largest absolute Gasteiger partial charge is 0.465 e. The van der Waals surface area contributed by atoms with E-state index in [-0.39, 0.29) is 18.1 Å². The Morgan fingerprint density at radius 3 is 2.51 bits per heavy atom. The van der Waals surface area contributed by atoms with Crippen LogP contribution in [0.25, 0.3) is 11.3 Å². The number of hydrogen-bond acceptors (Lipinski definition) is 5. The molecule has 1 fully saturated rings.